The van der Waals surface area contributed by atoms with E-state index in [2.05, 4.69) is 10.3 Å². The SMILES string of the molecule is CC(=O)OC[C@H]1OC(OCCCc2cn(Cc3ccccc3)nn2)C=C[C@@H]1OC(C)=O. The third kappa shape index (κ3) is 7.62. The van der Waals surface area contributed by atoms with Crippen LogP contribution in [0.3, 0.4) is 0 Å². The van der Waals surface area contributed by atoms with E-state index in [9.17, 15) is 9.59 Å². The smallest absolute Gasteiger partial charge is 0.303 e. The molecule has 1 aliphatic rings. The first-order chi connectivity index (χ1) is 15.0. The van der Waals surface area contributed by atoms with Gasteiger partial charge in [0, 0.05) is 20.0 Å². The maximum atomic E-state index is 11.3. The third-order valence-corrected chi connectivity index (χ3v) is 4.52. The molecule has 0 amide bonds. The van der Waals surface area contributed by atoms with Crippen molar-refractivity contribution in [3.05, 3.63) is 59.9 Å². The van der Waals surface area contributed by atoms with Crippen LogP contribution in [-0.2, 0) is 41.5 Å². The third-order valence-electron chi connectivity index (χ3n) is 4.52. The highest BCUT2D eigenvalue weighted by Crippen LogP contribution is 2.18. The number of hydrogen-bond donors (Lipinski definition) is 0. The fraction of sp³-hybridized carbons (Fsp3) is 0.455. The summed E-state index contributed by atoms with van der Waals surface area (Å²) in [6.45, 7) is 3.72. The fourth-order valence-electron chi connectivity index (χ4n) is 3.11. The Labute approximate surface area is 180 Å². The van der Waals surface area contributed by atoms with Crippen molar-refractivity contribution < 1.29 is 28.5 Å². The van der Waals surface area contributed by atoms with Gasteiger partial charge in [-0.3, -0.25) is 9.59 Å². The standard InChI is InChI=1S/C22H27N3O6/c1-16(26)29-15-21-20(30-17(2)27)10-11-22(31-21)28-12-6-9-19-14-25(24-23-19)13-18-7-4-3-5-8-18/h3-5,7-8,10-11,14,20-22H,6,9,12-13,15H2,1-2H3/t20-,21+,22?/m0/s1. The molecule has 3 rings (SSSR count). The van der Waals surface area contributed by atoms with Crippen molar-refractivity contribution in [1.82, 2.24) is 15.0 Å². The minimum atomic E-state index is -0.628. The molecule has 9 heteroatoms. The quantitative estimate of drug-likeness (QED) is 0.321. The first-order valence-corrected chi connectivity index (χ1v) is 10.2. The lowest BCUT2D eigenvalue weighted by Gasteiger charge is -2.31. The summed E-state index contributed by atoms with van der Waals surface area (Å²) in [5.74, 6) is -0.872. The summed E-state index contributed by atoms with van der Waals surface area (Å²) in [6.07, 6.45) is 4.91. The Morgan fingerprint density at radius 3 is 2.68 bits per heavy atom. The van der Waals surface area contributed by atoms with Crippen LogP contribution in [0.1, 0.15) is 31.5 Å². The molecule has 0 spiro atoms. The molecule has 1 aromatic carbocycles. The molecule has 166 valence electrons. The number of hydrogen-bond acceptors (Lipinski definition) is 8. The van der Waals surface area contributed by atoms with E-state index in [1.165, 1.54) is 19.4 Å². The van der Waals surface area contributed by atoms with Gasteiger partial charge in [0.2, 0.25) is 0 Å². The molecule has 1 aliphatic heterocycles. The van der Waals surface area contributed by atoms with Crippen molar-refractivity contribution >= 4 is 11.9 Å². The average Bonchev–Trinajstić information content (AvgIpc) is 3.18. The van der Waals surface area contributed by atoms with E-state index in [4.69, 9.17) is 18.9 Å². The molecule has 0 saturated heterocycles. The van der Waals surface area contributed by atoms with Gasteiger partial charge in [0.15, 0.2) is 6.29 Å². The molecule has 1 aromatic heterocycles. The molecule has 31 heavy (non-hydrogen) atoms. The molecule has 0 radical (unpaired) electrons. The van der Waals surface area contributed by atoms with Gasteiger partial charge in [-0.25, -0.2) is 4.68 Å². The van der Waals surface area contributed by atoms with Crippen molar-refractivity contribution in [1.29, 1.82) is 0 Å². The number of nitrogens with zero attached hydrogens (tertiary/aromatic N) is 3. The molecule has 9 nitrogen and oxygen atoms in total. The van der Waals surface area contributed by atoms with Crippen LogP contribution in [-0.4, -0.2) is 58.6 Å². The summed E-state index contributed by atoms with van der Waals surface area (Å²) in [4.78, 5) is 22.4. The van der Waals surface area contributed by atoms with Gasteiger partial charge in [-0.15, -0.1) is 5.10 Å². The predicted molar refractivity (Wildman–Crippen MR) is 110 cm³/mol. The van der Waals surface area contributed by atoms with Crippen LogP contribution in [0.4, 0.5) is 0 Å². The number of benzene rings is 1. The molecule has 2 aromatic rings. The number of ether oxygens (including phenoxy) is 4. The second kappa shape index (κ2) is 11.4. The van der Waals surface area contributed by atoms with Crippen LogP contribution < -0.4 is 0 Å². The normalized spacial score (nSPS) is 20.4. The van der Waals surface area contributed by atoms with Crippen molar-refractivity contribution in [3.8, 4) is 0 Å². The number of carbonyl (C=O) groups excluding carboxylic acids is 2. The monoisotopic (exact) mass is 429 g/mol. The topological polar surface area (TPSA) is 102 Å². The zero-order valence-corrected chi connectivity index (χ0v) is 17.7. The predicted octanol–water partition coefficient (Wildman–Crippen LogP) is 2.05. The summed E-state index contributed by atoms with van der Waals surface area (Å²) in [5, 5.41) is 8.37. The van der Waals surface area contributed by atoms with E-state index in [0.29, 0.717) is 13.2 Å². The molecule has 1 unspecified atom stereocenters. The summed E-state index contributed by atoms with van der Waals surface area (Å²) in [5.41, 5.74) is 2.06. The van der Waals surface area contributed by atoms with Crippen molar-refractivity contribution in [2.24, 2.45) is 0 Å². The van der Waals surface area contributed by atoms with Crippen molar-refractivity contribution in [3.63, 3.8) is 0 Å². The zero-order chi connectivity index (χ0) is 22.1. The van der Waals surface area contributed by atoms with Gasteiger partial charge in [0.1, 0.15) is 18.8 Å². The molecular formula is C22H27N3O6. The molecular weight excluding hydrogens is 402 g/mol. The number of esters is 2. The van der Waals surface area contributed by atoms with Gasteiger partial charge in [0.05, 0.1) is 18.8 Å². The lowest BCUT2D eigenvalue weighted by Crippen LogP contribution is -2.42. The maximum absolute atomic E-state index is 11.3. The first kappa shape index (κ1) is 22.6. The Balaban J connectivity index is 1.42. The highest BCUT2D eigenvalue weighted by Gasteiger charge is 2.30. The molecule has 0 saturated carbocycles. The summed E-state index contributed by atoms with van der Waals surface area (Å²) in [7, 11) is 0. The Bertz CT molecular complexity index is 882. The molecule has 2 heterocycles. The van der Waals surface area contributed by atoms with Gasteiger partial charge in [-0.2, -0.15) is 0 Å². The average molecular weight is 429 g/mol. The van der Waals surface area contributed by atoms with Gasteiger partial charge in [-0.05, 0) is 30.6 Å². The Kier molecular flexibility index (Phi) is 8.31. The van der Waals surface area contributed by atoms with E-state index < -0.39 is 30.4 Å². The summed E-state index contributed by atoms with van der Waals surface area (Å²) in [6, 6.07) is 10.1. The Morgan fingerprint density at radius 2 is 1.94 bits per heavy atom. The van der Waals surface area contributed by atoms with Crippen LogP contribution in [0.5, 0.6) is 0 Å². The van der Waals surface area contributed by atoms with Crippen LogP contribution in [0.2, 0.25) is 0 Å². The molecule has 0 bridgehead atoms. The van der Waals surface area contributed by atoms with Crippen molar-refractivity contribution in [2.75, 3.05) is 13.2 Å². The number of aryl methyl sites for hydroxylation is 1. The van der Waals surface area contributed by atoms with Crippen LogP contribution in [0.25, 0.3) is 0 Å². The van der Waals surface area contributed by atoms with Crippen LogP contribution >= 0.6 is 0 Å². The first-order valence-electron chi connectivity index (χ1n) is 10.2. The molecule has 0 aliphatic carbocycles. The van der Waals surface area contributed by atoms with E-state index in [0.717, 1.165) is 18.5 Å². The van der Waals surface area contributed by atoms with E-state index in [1.54, 1.807) is 12.2 Å². The highest BCUT2D eigenvalue weighted by molar-refractivity contribution is 5.66. The molecule has 0 N–H and O–H groups in total. The van der Waals surface area contributed by atoms with E-state index >= 15 is 0 Å². The van der Waals surface area contributed by atoms with Gasteiger partial charge >= 0.3 is 11.9 Å². The molecule has 3 atom stereocenters. The second-order valence-corrected chi connectivity index (χ2v) is 7.17. The maximum Gasteiger partial charge on any atom is 0.303 e. The van der Waals surface area contributed by atoms with Crippen LogP contribution in [0, 0.1) is 0 Å². The molecule has 0 fully saturated rings. The van der Waals surface area contributed by atoms with Gasteiger partial charge in [0.25, 0.3) is 0 Å². The van der Waals surface area contributed by atoms with Gasteiger partial charge in [-0.1, -0.05) is 35.5 Å². The zero-order valence-electron chi connectivity index (χ0n) is 17.7. The fourth-order valence-corrected chi connectivity index (χ4v) is 3.11. The number of rotatable bonds is 10. The number of carbonyl (C=O) groups is 2. The van der Waals surface area contributed by atoms with E-state index in [1.807, 2.05) is 41.2 Å². The number of aromatic nitrogens is 3. The van der Waals surface area contributed by atoms with Crippen molar-refractivity contribution in [2.45, 2.75) is 51.7 Å². The van der Waals surface area contributed by atoms with Crippen LogP contribution in [0.15, 0.2) is 48.7 Å². The second-order valence-electron chi connectivity index (χ2n) is 7.17. The Morgan fingerprint density at radius 1 is 1.13 bits per heavy atom. The highest BCUT2D eigenvalue weighted by atomic mass is 16.7. The lowest BCUT2D eigenvalue weighted by atomic mass is 10.1. The largest absolute Gasteiger partial charge is 0.463 e. The minimum Gasteiger partial charge on any atom is -0.463 e. The summed E-state index contributed by atoms with van der Waals surface area (Å²) < 4.78 is 23.5. The summed E-state index contributed by atoms with van der Waals surface area (Å²) >= 11 is 0. The van der Waals surface area contributed by atoms with E-state index in [-0.39, 0.29) is 6.61 Å². The minimum absolute atomic E-state index is 0.0258. The lowest BCUT2D eigenvalue weighted by molar-refractivity contribution is -0.197. The Hall–Kier alpha value is -3.04. The van der Waals surface area contributed by atoms with Gasteiger partial charge < -0.3 is 18.9 Å².